The third kappa shape index (κ3) is 5.73. The van der Waals surface area contributed by atoms with E-state index in [1.54, 1.807) is 7.11 Å². The maximum absolute atomic E-state index is 11.7. The third-order valence-corrected chi connectivity index (χ3v) is 5.83. The third-order valence-electron chi connectivity index (χ3n) is 5.10. The van der Waals surface area contributed by atoms with Crippen molar-refractivity contribution in [3.05, 3.63) is 29.8 Å². The molecule has 144 valence electrons. The second-order valence-electron chi connectivity index (χ2n) is 6.77. The van der Waals surface area contributed by atoms with Crippen LogP contribution in [0.2, 0.25) is 0 Å². The second kappa shape index (κ2) is 9.42. The van der Waals surface area contributed by atoms with E-state index in [4.69, 9.17) is 4.74 Å². The molecule has 5 nitrogen and oxygen atoms in total. The summed E-state index contributed by atoms with van der Waals surface area (Å²) in [5.41, 5.74) is 1.17. The first-order valence-electron chi connectivity index (χ1n) is 8.31. The zero-order valence-electron chi connectivity index (χ0n) is 14.7. The molecule has 25 heavy (non-hydrogen) atoms. The molecule has 0 amide bonds. The number of sulfonamides is 1. The van der Waals surface area contributed by atoms with Crippen LogP contribution in [0.25, 0.3) is 0 Å². The molecule has 1 saturated carbocycles. The predicted octanol–water partition coefficient (Wildman–Crippen LogP) is 2.80. The summed E-state index contributed by atoms with van der Waals surface area (Å²) in [5.74, 6) is 1.02. The molecule has 2 atom stereocenters. The van der Waals surface area contributed by atoms with Crippen LogP contribution in [0.1, 0.15) is 37.2 Å². The summed E-state index contributed by atoms with van der Waals surface area (Å²) in [6, 6.07) is 8.56. The molecule has 1 heterocycles. The molecule has 2 aliphatic rings. The Hall–Kier alpha value is -0.530. The van der Waals surface area contributed by atoms with E-state index in [-0.39, 0.29) is 36.8 Å². The Balaban J connectivity index is 0.00000156. The van der Waals surface area contributed by atoms with Gasteiger partial charge in [-0.1, -0.05) is 25.0 Å². The van der Waals surface area contributed by atoms with Crippen LogP contribution in [0.4, 0.5) is 0 Å². The Morgan fingerprint density at radius 1 is 1.08 bits per heavy atom. The highest BCUT2D eigenvalue weighted by Gasteiger charge is 2.38. The molecule has 0 spiro atoms. The summed E-state index contributed by atoms with van der Waals surface area (Å²) in [4.78, 5) is 2.48. The molecule has 1 N–H and O–H groups in total. The summed E-state index contributed by atoms with van der Waals surface area (Å²) in [7, 11) is -1.56. The Kier molecular flexibility index (Phi) is 8.48. The van der Waals surface area contributed by atoms with Crippen LogP contribution >= 0.6 is 24.8 Å². The van der Waals surface area contributed by atoms with Crippen LogP contribution in [0.5, 0.6) is 5.75 Å². The zero-order chi connectivity index (χ0) is 16.4. The van der Waals surface area contributed by atoms with Crippen molar-refractivity contribution in [2.24, 2.45) is 0 Å². The van der Waals surface area contributed by atoms with Gasteiger partial charge in [-0.15, -0.1) is 24.8 Å². The quantitative estimate of drug-likeness (QED) is 0.810. The minimum Gasteiger partial charge on any atom is -0.497 e. The van der Waals surface area contributed by atoms with Gasteiger partial charge in [0, 0.05) is 31.1 Å². The normalized spacial score (nSPS) is 24.6. The maximum atomic E-state index is 11.7. The first-order valence-corrected chi connectivity index (χ1v) is 10.2. The highest BCUT2D eigenvalue weighted by atomic mass is 35.5. The Morgan fingerprint density at radius 3 is 2.20 bits per heavy atom. The van der Waals surface area contributed by atoms with Crippen molar-refractivity contribution in [1.82, 2.24) is 9.62 Å². The van der Waals surface area contributed by atoms with Crippen molar-refractivity contribution < 1.29 is 13.2 Å². The van der Waals surface area contributed by atoms with Gasteiger partial charge in [-0.05, 0) is 30.5 Å². The highest BCUT2D eigenvalue weighted by molar-refractivity contribution is 7.88. The molecule has 1 aliphatic heterocycles. The van der Waals surface area contributed by atoms with E-state index in [0.717, 1.165) is 18.8 Å². The number of rotatable bonds is 5. The van der Waals surface area contributed by atoms with Crippen molar-refractivity contribution in [3.63, 3.8) is 0 Å². The number of nitrogens with zero attached hydrogens (tertiary/aromatic N) is 1. The molecular weight excluding hydrogens is 383 g/mol. The van der Waals surface area contributed by atoms with Gasteiger partial charge in [-0.25, -0.2) is 13.1 Å². The fourth-order valence-electron chi connectivity index (χ4n) is 3.99. The average molecular weight is 411 g/mol. The molecule has 0 aromatic heterocycles. The van der Waals surface area contributed by atoms with Crippen LogP contribution in [0.3, 0.4) is 0 Å². The van der Waals surface area contributed by atoms with E-state index in [2.05, 4.69) is 21.8 Å². The van der Waals surface area contributed by atoms with Crippen molar-refractivity contribution in [2.45, 2.75) is 43.7 Å². The number of hydrogen-bond donors (Lipinski definition) is 1. The minimum absolute atomic E-state index is 0. The number of nitrogens with one attached hydrogen (secondary N) is 1. The number of ether oxygens (including phenoxy) is 1. The first kappa shape index (κ1) is 22.5. The van der Waals surface area contributed by atoms with Crippen LogP contribution in [-0.4, -0.2) is 51.9 Å². The van der Waals surface area contributed by atoms with Gasteiger partial charge in [-0.2, -0.15) is 0 Å². The van der Waals surface area contributed by atoms with E-state index in [1.807, 2.05) is 12.1 Å². The number of methoxy groups -OCH3 is 1. The van der Waals surface area contributed by atoms with Gasteiger partial charge in [0.15, 0.2) is 0 Å². The minimum atomic E-state index is -3.21. The fourth-order valence-corrected chi connectivity index (χ4v) is 4.77. The molecule has 8 heteroatoms. The number of hydrogen-bond acceptors (Lipinski definition) is 4. The summed E-state index contributed by atoms with van der Waals surface area (Å²) >= 11 is 0. The van der Waals surface area contributed by atoms with Crippen LogP contribution in [-0.2, 0) is 10.0 Å². The average Bonchev–Trinajstić information content (AvgIpc) is 3.15. The lowest BCUT2D eigenvalue weighted by Crippen LogP contribution is -2.40. The number of likely N-dealkylation sites (tertiary alicyclic amines) is 1. The van der Waals surface area contributed by atoms with Gasteiger partial charge in [0.2, 0.25) is 10.0 Å². The lowest BCUT2D eigenvalue weighted by atomic mass is 9.95. The van der Waals surface area contributed by atoms with Crippen molar-refractivity contribution >= 4 is 34.8 Å². The van der Waals surface area contributed by atoms with Gasteiger partial charge >= 0.3 is 0 Å². The highest BCUT2D eigenvalue weighted by Crippen LogP contribution is 2.34. The Bertz CT molecular complexity index is 634. The standard InChI is InChI=1S/C17H26N2O3S.2ClH/c1-22-15-9-7-13(8-10-15)16-11-19(14-5-3-4-6-14)12-17(16)18-23(2,20)21;;/h7-10,14,16-18H,3-6,11-12H2,1-2H3;2*1H/t16-,17+;;/m1../s1. The van der Waals surface area contributed by atoms with E-state index >= 15 is 0 Å². The molecule has 1 saturated heterocycles. The summed E-state index contributed by atoms with van der Waals surface area (Å²) in [6.45, 7) is 1.72. The van der Waals surface area contributed by atoms with Gasteiger partial charge < -0.3 is 4.74 Å². The van der Waals surface area contributed by atoms with Gasteiger partial charge in [0.05, 0.1) is 13.4 Å². The van der Waals surface area contributed by atoms with E-state index < -0.39 is 10.0 Å². The smallest absolute Gasteiger partial charge is 0.209 e. The molecular formula is C17H28Cl2N2O3S. The van der Waals surface area contributed by atoms with Crippen molar-refractivity contribution in [1.29, 1.82) is 0 Å². The second-order valence-corrected chi connectivity index (χ2v) is 8.55. The Labute approximate surface area is 163 Å². The van der Waals surface area contributed by atoms with Crippen LogP contribution < -0.4 is 9.46 Å². The van der Waals surface area contributed by atoms with E-state index in [0.29, 0.717) is 6.04 Å². The van der Waals surface area contributed by atoms with Gasteiger partial charge in [0.1, 0.15) is 5.75 Å². The van der Waals surface area contributed by atoms with Gasteiger partial charge in [0.25, 0.3) is 0 Å². The molecule has 0 bridgehead atoms. The lowest BCUT2D eigenvalue weighted by Gasteiger charge is -2.23. The van der Waals surface area contributed by atoms with Crippen LogP contribution in [0.15, 0.2) is 24.3 Å². The molecule has 1 aromatic rings. The molecule has 2 fully saturated rings. The van der Waals surface area contributed by atoms with Gasteiger partial charge in [-0.3, -0.25) is 4.90 Å². The summed E-state index contributed by atoms with van der Waals surface area (Å²) < 4.78 is 31.6. The van der Waals surface area contributed by atoms with Crippen molar-refractivity contribution in [2.75, 3.05) is 26.5 Å². The first-order chi connectivity index (χ1) is 11.0. The monoisotopic (exact) mass is 410 g/mol. The number of halogens is 2. The SMILES string of the molecule is COc1ccc([C@H]2CN(C3CCCC3)C[C@@H]2NS(C)(=O)=O)cc1.Cl.Cl. The molecule has 0 unspecified atom stereocenters. The lowest BCUT2D eigenvalue weighted by molar-refractivity contribution is 0.240. The maximum Gasteiger partial charge on any atom is 0.209 e. The van der Waals surface area contributed by atoms with Crippen LogP contribution in [0, 0.1) is 0 Å². The van der Waals surface area contributed by atoms with E-state index in [9.17, 15) is 8.42 Å². The zero-order valence-corrected chi connectivity index (χ0v) is 17.1. The predicted molar refractivity (Wildman–Crippen MR) is 106 cm³/mol. The van der Waals surface area contributed by atoms with E-state index in [1.165, 1.54) is 37.5 Å². The van der Waals surface area contributed by atoms with Crippen molar-refractivity contribution in [3.8, 4) is 5.75 Å². The summed E-state index contributed by atoms with van der Waals surface area (Å²) in [5, 5.41) is 0. The molecule has 1 aliphatic carbocycles. The molecule has 0 radical (unpaired) electrons. The largest absolute Gasteiger partial charge is 0.497 e. The topological polar surface area (TPSA) is 58.6 Å². The fraction of sp³-hybridized carbons (Fsp3) is 0.647. The Morgan fingerprint density at radius 2 is 1.68 bits per heavy atom. The molecule has 1 aromatic carbocycles. The summed E-state index contributed by atoms with van der Waals surface area (Å²) in [6.07, 6.45) is 6.30. The number of benzene rings is 1. The molecule has 3 rings (SSSR count).